The highest BCUT2D eigenvalue weighted by Gasteiger charge is 2.38. The topological polar surface area (TPSA) is 144 Å². The van der Waals surface area contributed by atoms with Crippen molar-refractivity contribution in [1.29, 1.82) is 0 Å². The second-order valence-electron chi connectivity index (χ2n) is 20.0. The van der Waals surface area contributed by atoms with Gasteiger partial charge in [-0.3, -0.25) is 14.7 Å². The number of rotatable bonds is 28. The van der Waals surface area contributed by atoms with Gasteiger partial charge in [0.1, 0.15) is 23.0 Å². The number of methoxy groups -OCH3 is 1. The van der Waals surface area contributed by atoms with Gasteiger partial charge in [-0.05, 0) is 84.7 Å². The molecule has 2 amide bonds. The zero-order valence-electron chi connectivity index (χ0n) is 41.7. The third-order valence-electron chi connectivity index (χ3n) is 12.3. The number of amides is 2. The van der Waals surface area contributed by atoms with Gasteiger partial charge in [0.25, 0.3) is 0 Å². The van der Waals surface area contributed by atoms with Crippen LogP contribution in [0.15, 0.2) is 66.7 Å². The van der Waals surface area contributed by atoms with Gasteiger partial charge in [-0.2, -0.15) is 0 Å². The number of hydrogen-bond donors (Lipinski definition) is 4. The summed E-state index contributed by atoms with van der Waals surface area (Å²) in [4.78, 5) is 26.1. The largest absolute Gasteiger partial charge is 0.497 e. The lowest BCUT2D eigenvalue weighted by Gasteiger charge is -2.36. The molecule has 0 aliphatic carbocycles. The molecule has 5 aromatic rings. The number of anilines is 3. The van der Waals surface area contributed by atoms with Gasteiger partial charge in [-0.25, -0.2) is 4.52 Å². The van der Waals surface area contributed by atoms with Crippen molar-refractivity contribution in [3.63, 3.8) is 0 Å². The fourth-order valence-corrected chi connectivity index (χ4v) is 8.84. The second kappa shape index (κ2) is 24.8. The van der Waals surface area contributed by atoms with Crippen molar-refractivity contribution in [2.24, 2.45) is 11.3 Å². The fourth-order valence-electron chi connectivity index (χ4n) is 8.84. The molecule has 12 nitrogen and oxygen atoms in total. The van der Waals surface area contributed by atoms with Crippen molar-refractivity contribution in [2.75, 3.05) is 29.8 Å². The number of unbranched alkanes of at least 4 members (excludes halogenated alkanes) is 10. The van der Waals surface area contributed by atoms with E-state index in [0.717, 1.165) is 78.4 Å². The van der Waals surface area contributed by atoms with E-state index in [1.54, 1.807) is 7.11 Å². The Kier molecular flexibility index (Phi) is 19.4. The maximum Gasteiger partial charge on any atom is 0.224 e. The maximum absolute atomic E-state index is 13.1. The maximum atomic E-state index is 13.1. The van der Waals surface area contributed by atoms with Crippen molar-refractivity contribution in [2.45, 2.75) is 170 Å². The van der Waals surface area contributed by atoms with Crippen molar-refractivity contribution in [3.8, 4) is 23.0 Å². The van der Waals surface area contributed by atoms with E-state index in [1.165, 1.54) is 38.5 Å². The predicted octanol–water partition coefficient (Wildman–Crippen LogP) is 14.0. The quantitative estimate of drug-likeness (QED) is 0.0287. The molecule has 66 heavy (non-hydrogen) atoms. The molecule has 0 saturated heterocycles. The van der Waals surface area contributed by atoms with E-state index in [1.807, 2.05) is 54.6 Å². The van der Waals surface area contributed by atoms with Crippen LogP contribution in [0.4, 0.5) is 17.1 Å². The first kappa shape index (κ1) is 51.5. The average Bonchev–Trinajstić information content (AvgIpc) is 3.87. The lowest BCUT2D eigenvalue weighted by atomic mass is 9.69. The van der Waals surface area contributed by atoms with E-state index in [-0.39, 0.29) is 41.2 Å². The molecule has 2 aromatic heterocycles. The van der Waals surface area contributed by atoms with Gasteiger partial charge < -0.3 is 30.2 Å². The molecule has 0 aliphatic rings. The molecule has 0 saturated carbocycles. The summed E-state index contributed by atoms with van der Waals surface area (Å²) in [6.07, 6.45) is 14.8. The fraction of sp³-hybridized carbons (Fsp3) is 0.556. The molecule has 1 unspecified atom stereocenters. The number of aromatic nitrogens is 4. The minimum atomic E-state index is -0.299. The van der Waals surface area contributed by atoms with Crippen LogP contribution in [0.3, 0.4) is 0 Å². The average molecular weight is 906 g/mol. The summed E-state index contributed by atoms with van der Waals surface area (Å²) >= 11 is 0. The van der Waals surface area contributed by atoms with Gasteiger partial charge in [0.05, 0.1) is 7.11 Å². The smallest absolute Gasteiger partial charge is 0.224 e. The third-order valence-corrected chi connectivity index (χ3v) is 12.3. The minimum absolute atomic E-state index is 0.0341. The van der Waals surface area contributed by atoms with Crippen LogP contribution in [0.5, 0.6) is 23.0 Å². The molecule has 2 heterocycles. The summed E-state index contributed by atoms with van der Waals surface area (Å²) in [6.45, 7) is 20.2. The number of benzene rings is 3. The van der Waals surface area contributed by atoms with Crippen LogP contribution in [0.25, 0.3) is 5.65 Å². The van der Waals surface area contributed by atoms with Gasteiger partial charge in [0, 0.05) is 65.1 Å². The Morgan fingerprint density at radius 2 is 1.26 bits per heavy atom. The molecule has 0 radical (unpaired) electrons. The van der Waals surface area contributed by atoms with Crippen molar-refractivity contribution < 1.29 is 23.8 Å². The Balaban J connectivity index is 1.35. The first-order chi connectivity index (χ1) is 31.6. The molecule has 1 atom stereocenters. The van der Waals surface area contributed by atoms with E-state index in [9.17, 15) is 9.59 Å². The normalized spacial score (nSPS) is 12.3. The highest BCUT2D eigenvalue weighted by atomic mass is 16.5. The number of carbonyl (C=O) groups is 2. The van der Waals surface area contributed by atoms with E-state index >= 15 is 0 Å². The zero-order chi connectivity index (χ0) is 47.7. The summed E-state index contributed by atoms with van der Waals surface area (Å²) in [7, 11) is 1.65. The first-order valence-electron chi connectivity index (χ1n) is 24.6. The van der Waals surface area contributed by atoms with Gasteiger partial charge in [-0.15, -0.1) is 10.2 Å². The van der Waals surface area contributed by atoms with Crippen LogP contribution < -0.4 is 30.2 Å². The van der Waals surface area contributed by atoms with Crippen molar-refractivity contribution in [3.05, 3.63) is 83.8 Å². The van der Waals surface area contributed by atoms with Crippen LogP contribution in [0.1, 0.15) is 175 Å². The first-order valence-corrected chi connectivity index (χ1v) is 24.6. The second-order valence-corrected chi connectivity index (χ2v) is 20.0. The van der Waals surface area contributed by atoms with E-state index in [2.05, 4.69) is 105 Å². The number of carbonyl (C=O) groups excluding carboxylic acids is 2. The Hall–Kier alpha value is -5.52. The molecule has 4 N–H and O–H groups in total. The molecule has 0 spiro atoms. The van der Waals surface area contributed by atoms with Gasteiger partial charge in [-0.1, -0.05) is 127 Å². The van der Waals surface area contributed by atoms with Crippen LogP contribution >= 0.6 is 0 Å². The minimum Gasteiger partial charge on any atom is -0.497 e. The van der Waals surface area contributed by atoms with Crippen LogP contribution in [-0.2, 0) is 21.4 Å². The lowest BCUT2D eigenvalue weighted by Crippen LogP contribution is -2.31. The molecule has 360 valence electrons. The Labute approximate surface area is 394 Å². The number of H-pyrrole nitrogens is 1. The van der Waals surface area contributed by atoms with Gasteiger partial charge in [0.2, 0.25) is 11.8 Å². The highest BCUT2D eigenvalue weighted by Crippen LogP contribution is 2.45. The third kappa shape index (κ3) is 15.5. The monoisotopic (exact) mass is 906 g/mol. The molecule has 5 rings (SSSR count). The van der Waals surface area contributed by atoms with Crippen molar-refractivity contribution >= 4 is 34.5 Å². The van der Waals surface area contributed by atoms with Crippen LogP contribution in [-0.4, -0.2) is 45.5 Å². The lowest BCUT2D eigenvalue weighted by molar-refractivity contribution is -0.117. The molecule has 12 heteroatoms. The molecular weight excluding hydrogens is 827 g/mol. The Bertz CT molecular complexity index is 2220. The standard InChI is InChI=1S/C54H79N7O5/c1-11-13-15-17-19-21-23-49(62)56-41-32-42(57-50(63)24-22-20-18-16-14-12-2)34-45(33-41)65-37-55-40-25-30-46(66-44-28-26-43(64-10)27-29-44)39(31-40)36-54(8,9)51(38(3)4)52-59-58-48-35-47(53(5,6)7)60-61(48)52/h25-35,38,51,55,60H,11-24,36-37H2,1-10H3,(H,56,62)(H,57,63). The Morgan fingerprint density at radius 3 is 1.82 bits per heavy atom. The zero-order valence-corrected chi connectivity index (χ0v) is 41.7. The van der Waals surface area contributed by atoms with E-state index < -0.39 is 0 Å². The number of nitrogens with zero attached hydrogens (tertiary/aromatic N) is 3. The number of aromatic amines is 1. The van der Waals surface area contributed by atoms with Gasteiger partial charge in [0.15, 0.2) is 18.2 Å². The Morgan fingerprint density at radius 1 is 0.682 bits per heavy atom. The molecule has 0 aliphatic heterocycles. The SMILES string of the molecule is CCCCCCCCC(=O)Nc1cc(NC(=O)CCCCCCCC)cc(OCNc2ccc(Oc3ccc(OC)cc3)c(CC(C)(C)C(c3nnc4cc(C(C)(C)C)[nH]n34)C(C)C)c2)c1. The van der Waals surface area contributed by atoms with Crippen LogP contribution in [0, 0.1) is 11.3 Å². The molecule has 3 aromatic carbocycles. The summed E-state index contributed by atoms with van der Waals surface area (Å²) in [6, 6.07) is 21.2. The number of fused-ring (bicyclic) bond motifs is 1. The highest BCUT2D eigenvalue weighted by molar-refractivity contribution is 5.94. The summed E-state index contributed by atoms with van der Waals surface area (Å²) in [5.74, 6) is 3.81. The summed E-state index contributed by atoms with van der Waals surface area (Å²) < 4.78 is 20.4. The number of ether oxygens (including phenoxy) is 3. The molecule has 0 fully saturated rings. The van der Waals surface area contributed by atoms with Crippen LogP contribution in [0.2, 0.25) is 0 Å². The van der Waals surface area contributed by atoms with Crippen molar-refractivity contribution in [1.82, 2.24) is 19.8 Å². The van der Waals surface area contributed by atoms with E-state index in [4.69, 9.17) is 19.3 Å². The van der Waals surface area contributed by atoms with Gasteiger partial charge >= 0.3 is 0 Å². The van der Waals surface area contributed by atoms with E-state index in [0.29, 0.717) is 42.1 Å². The number of hydrogen-bond acceptors (Lipinski definition) is 8. The predicted molar refractivity (Wildman–Crippen MR) is 269 cm³/mol. The molecule has 0 bridgehead atoms. The number of nitrogens with one attached hydrogen (secondary N) is 4. The summed E-state index contributed by atoms with van der Waals surface area (Å²) in [5, 5.41) is 22.6. The summed E-state index contributed by atoms with van der Waals surface area (Å²) in [5.41, 5.74) is 4.59. The molecular formula is C54H79N7O5.